The molecule has 122 valence electrons. The lowest BCUT2D eigenvalue weighted by Gasteiger charge is -2.23. The zero-order chi connectivity index (χ0) is 17.5. The molecule has 0 spiro atoms. The van der Waals surface area contributed by atoms with Crippen LogP contribution < -0.4 is 10.2 Å². The van der Waals surface area contributed by atoms with Crippen molar-refractivity contribution < 1.29 is 4.79 Å². The number of carbonyl (C=O) groups is 1. The summed E-state index contributed by atoms with van der Waals surface area (Å²) in [6.07, 6.45) is 2.64. The molecule has 1 saturated heterocycles. The predicted molar refractivity (Wildman–Crippen MR) is 100 cm³/mol. The Kier molecular flexibility index (Phi) is 6.36. The molecule has 1 heterocycles. The van der Waals surface area contributed by atoms with Crippen molar-refractivity contribution in [2.24, 2.45) is 0 Å². The van der Waals surface area contributed by atoms with Gasteiger partial charge in [0.15, 0.2) is 0 Å². The minimum Gasteiger partial charge on any atom is -0.369 e. The number of nitrogens with zero attached hydrogens (tertiary/aromatic N) is 3. The molecule has 5 nitrogen and oxygen atoms in total. The predicted octanol–water partition coefficient (Wildman–Crippen LogP) is 3.12. The van der Waals surface area contributed by atoms with Crippen LogP contribution in [0.15, 0.2) is 23.1 Å². The number of benzene rings is 1. The van der Waals surface area contributed by atoms with E-state index in [0.29, 0.717) is 35.2 Å². The average molecular weight is 356 g/mol. The molecule has 24 heavy (non-hydrogen) atoms. The lowest BCUT2D eigenvalue weighted by Crippen LogP contribution is -2.25. The zero-order valence-electron chi connectivity index (χ0n) is 13.2. The Morgan fingerprint density at radius 1 is 1.29 bits per heavy atom. The van der Waals surface area contributed by atoms with Gasteiger partial charge in [-0.15, -0.1) is 0 Å². The second kappa shape index (κ2) is 8.49. The Balaban J connectivity index is 2.23. The van der Waals surface area contributed by atoms with E-state index in [0.717, 1.165) is 16.8 Å². The first-order valence-electron chi connectivity index (χ1n) is 7.39. The van der Waals surface area contributed by atoms with Gasteiger partial charge in [0, 0.05) is 18.8 Å². The smallest absolute Gasteiger partial charge is 0.263 e. The van der Waals surface area contributed by atoms with Crippen molar-refractivity contribution in [2.45, 2.75) is 19.8 Å². The van der Waals surface area contributed by atoms with Crippen LogP contribution in [0.3, 0.4) is 0 Å². The lowest BCUT2D eigenvalue weighted by atomic mass is 10.1. The molecular weight excluding hydrogens is 340 g/mol. The Morgan fingerprint density at radius 3 is 2.46 bits per heavy atom. The highest BCUT2D eigenvalue weighted by atomic mass is 32.2. The molecule has 0 unspecified atom stereocenters. The number of rotatable bonds is 6. The summed E-state index contributed by atoms with van der Waals surface area (Å²) in [7, 11) is 0. The Hall–Kier alpha value is -2.35. The summed E-state index contributed by atoms with van der Waals surface area (Å²) in [5, 5.41) is 20.2. The number of thioether (sulfide) groups is 1. The number of hydrogen-bond acceptors (Lipinski definition) is 6. The molecule has 1 N–H and O–H groups in total. The van der Waals surface area contributed by atoms with Crippen LogP contribution in [0.5, 0.6) is 0 Å². The van der Waals surface area contributed by atoms with Gasteiger partial charge in [0.25, 0.3) is 5.91 Å². The van der Waals surface area contributed by atoms with Gasteiger partial charge >= 0.3 is 0 Å². The van der Waals surface area contributed by atoms with E-state index in [1.165, 1.54) is 11.8 Å². The fourth-order valence-electron chi connectivity index (χ4n) is 2.32. The van der Waals surface area contributed by atoms with Crippen LogP contribution >= 0.6 is 24.0 Å². The highest BCUT2D eigenvalue weighted by Crippen LogP contribution is 2.28. The van der Waals surface area contributed by atoms with E-state index >= 15 is 0 Å². The van der Waals surface area contributed by atoms with Gasteiger partial charge in [-0.05, 0) is 36.3 Å². The molecule has 1 aromatic carbocycles. The van der Waals surface area contributed by atoms with Gasteiger partial charge in [-0.25, -0.2) is 0 Å². The van der Waals surface area contributed by atoms with Crippen molar-refractivity contribution in [2.75, 3.05) is 18.0 Å². The topological polar surface area (TPSA) is 79.9 Å². The van der Waals surface area contributed by atoms with Crippen LogP contribution in [0.4, 0.5) is 5.69 Å². The van der Waals surface area contributed by atoms with Gasteiger partial charge < -0.3 is 10.2 Å². The molecule has 0 aromatic heterocycles. The van der Waals surface area contributed by atoms with Crippen LogP contribution in [0.2, 0.25) is 0 Å². The fraction of sp³-hybridized carbons (Fsp3) is 0.294. The number of amides is 1. The molecule has 0 radical (unpaired) electrons. The van der Waals surface area contributed by atoms with Crippen LogP contribution in [0.25, 0.3) is 6.08 Å². The third-order valence-corrected chi connectivity index (χ3v) is 4.70. The Morgan fingerprint density at radius 2 is 1.96 bits per heavy atom. The number of anilines is 1. The maximum Gasteiger partial charge on any atom is 0.263 e. The van der Waals surface area contributed by atoms with Crippen LogP contribution in [-0.4, -0.2) is 23.3 Å². The monoisotopic (exact) mass is 356 g/mol. The number of carbonyl (C=O) groups excluding carboxylic acids is 1. The van der Waals surface area contributed by atoms with Crippen molar-refractivity contribution in [1.29, 1.82) is 10.5 Å². The maximum atomic E-state index is 11.8. The van der Waals surface area contributed by atoms with Crippen LogP contribution in [0, 0.1) is 29.6 Å². The second-order valence-corrected chi connectivity index (χ2v) is 6.92. The number of aryl methyl sites for hydroxylation is 1. The molecule has 1 fully saturated rings. The first kappa shape index (κ1) is 18.0. The zero-order valence-corrected chi connectivity index (χ0v) is 14.8. The highest BCUT2D eigenvalue weighted by molar-refractivity contribution is 8.26. The highest BCUT2D eigenvalue weighted by Gasteiger charge is 2.22. The molecule has 1 aliphatic rings. The van der Waals surface area contributed by atoms with Gasteiger partial charge in [-0.2, -0.15) is 10.5 Å². The van der Waals surface area contributed by atoms with Crippen LogP contribution in [0.1, 0.15) is 24.0 Å². The first-order chi connectivity index (χ1) is 11.5. The van der Waals surface area contributed by atoms with E-state index in [9.17, 15) is 4.79 Å². The number of nitrogens with one attached hydrogen (secondary N) is 1. The number of hydrogen-bond donors (Lipinski definition) is 1. The molecular formula is C17H16N4OS2. The second-order valence-electron chi connectivity index (χ2n) is 5.20. The SMILES string of the molecule is Cc1cc(N(CCC#N)CCC#N)ccc1/C=C1/SC(=S)NC1=O. The summed E-state index contributed by atoms with van der Waals surface area (Å²) >= 11 is 6.25. The molecule has 2 rings (SSSR count). The fourth-order valence-corrected chi connectivity index (χ4v) is 3.36. The minimum atomic E-state index is -0.168. The van der Waals surface area contributed by atoms with Gasteiger partial charge in [0.2, 0.25) is 0 Å². The molecule has 1 aliphatic heterocycles. The van der Waals surface area contributed by atoms with Gasteiger partial charge in [0.05, 0.1) is 29.9 Å². The van der Waals surface area contributed by atoms with Crippen molar-refractivity contribution in [3.63, 3.8) is 0 Å². The minimum absolute atomic E-state index is 0.168. The van der Waals surface area contributed by atoms with E-state index in [1.54, 1.807) is 0 Å². The third kappa shape index (κ3) is 4.58. The largest absolute Gasteiger partial charge is 0.369 e. The summed E-state index contributed by atoms with van der Waals surface area (Å²) < 4.78 is 0.472. The summed E-state index contributed by atoms with van der Waals surface area (Å²) in [4.78, 5) is 14.4. The number of thiocarbonyl (C=S) groups is 1. The Labute approximate surface area is 150 Å². The standard InChI is InChI=1S/C17H16N4OS2/c1-12-10-14(21(8-2-6-18)9-3-7-19)5-4-13(12)11-15-16(22)20-17(23)24-15/h4-5,10-11H,2-3,8-9H2,1H3,(H,20,22,23)/b15-11+. The van der Waals surface area contributed by atoms with E-state index in [4.69, 9.17) is 22.7 Å². The van der Waals surface area contributed by atoms with Crippen molar-refractivity contribution in [3.8, 4) is 12.1 Å². The van der Waals surface area contributed by atoms with Crippen molar-refractivity contribution in [1.82, 2.24) is 5.32 Å². The van der Waals surface area contributed by atoms with E-state index in [-0.39, 0.29) is 5.91 Å². The molecule has 0 saturated carbocycles. The number of nitriles is 2. The van der Waals surface area contributed by atoms with Crippen molar-refractivity contribution >= 4 is 46.0 Å². The summed E-state index contributed by atoms with van der Waals surface area (Å²) in [6, 6.07) is 10.2. The molecule has 0 atom stereocenters. The lowest BCUT2D eigenvalue weighted by molar-refractivity contribution is -0.115. The van der Waals surface area contributed by atoms with Crippen LogP contribution in [-0.2, 0) is 4.79 Å². The third-order valence-electron chi connectivity index (χ3n) is 3.53. The maximum absolute atomic E-state index is 11.8. The molecule has 7 heteroatoms. The molecule has 1 aromatic rings. The molecule has 1 amide bonds. The normalized spacial score (nSPS) is 15.0. The van der Waals surface area contributed by atoms with Gasteiger partial charge in [-0.3, -0.25) is 4.79 Å². The van der Waals surface area contributed by atoms with E-state index in [2.05, 4.69) is 17.5 Å². The summed E-state index contributed by atoms with van der Waals surface area (Å²) in [5.41, 5.74) is 2.94. The van der Waals surface area contributed by atoms with E-state index < -0.39 is 0 Å². The summed E-state index contributed by atoms with van der Waals surface area (Å²) in [6.45, 7) is 3.15. The van der Waals surface area contributed by atoms with Crippen molar-refractivity contribution in [3.05, 3.63) is 34.2 Å². The molecule has 0 aliphatic carbocycles. The van der Waals surface area contributed by atoms with Gasteiger partial charge in [0.1, 0.15) is 4.32 Å². The van der Waals surface area contributed by atoms with E-state index in [1.807, 2.05) is 36.1 Å². The quantitative estimate of drug-likeness (QED) is 0.623. The van der Waals surface area contributed by atoms with Gasteiger partial charge in [-0.1, -0.05) is 30.0 Å². The molecule has 0 bridgehead atoms. The first-order valence-corrected chi connectivity index (χ1v) is 8.62. The summed E-state index contributed by atoms with van der Waals surface area (Å²) in [5.74, 6) is -0.168. The Bertz CT molecular complexity index is 756. The average Bonchev–Trinajstić information content (AvgIpc) is 2.87.